The zero-order valence-corrected chi connectivity index (χ0v) is 10.2. The average Bonchev–Trinajstić information content (AvgIpc) is 2.32. The van der Waals surface area contributed by atoms with E-state index >= 15 is 0 Å². The van der Waals surface area contributed by atoms with E-state index < -0.39 is 5.97 Å². The highest BCUT2D eigenvalue weighted by Gasteiger charge is 2.19. The molecule has 2 rings (SSSR count). The molecule has 0 saturated carbocycles. The topological polar surface area (TPSA) is 40.5 Å². The van der Waals surface area contributed by atoms with Crippen molar-refractivity contribution in [3.05, 3.63) is 35.4 Å². The Balaban J connectivity index is 2.05. The van der Waals surface area contributed by atoms with E-state index in [0.717, 1.165) is 25.1 Å². The zero-order valence-electron chi connectivity index (χ0n) is 10.2. The van der Waals surface area contributed by atoms with Gasteiger partial charge in [-0.25, -0.2) is 4.79 Å². The van der Waals surface area contributed by atoms with Crippen LogP contribution in [0.15, 0.2) is 24.3 Å². The van der Waals surface area contributed by atoms with Gasteiger partial charge in [-0.1, -0.05) is 18.2 Å². The molecule has 1 heterocycles. The summed E-state index contributed by atoms with van der Waals surface area (Å²) < 4.78 is 0. The molecule has 1 N–H and O–H groups in total. The lowest BCUT2D eigenvalue weighted by molar-refractivity contribution is 0.0695. The molecule has 1 fully saturated rings. The van der Waals surface area contributed by atoms with E-state index in [4.69, 9.17) is 5.11 Å². The second-order valence-electron chi connectivity index (χ2n) is 4.91. The second-order valence-corrected chi connectivity index (χ2v) is 4.91. The fraction of sp³-hybridized carbons (Fsp3) is 0.500. The molecule has 3 heteroatoms. The van der Waals surface area contributed by atoms with Crippen LogP contribution in [0, 0.1) is 5.92 Å². The van der Waals surface area contributed by atoms with Crippen molar-refractivity contribution in [1.29, 1.82) is 0 Å². The SMILES string of the molecule is CN1CCC(Cc2ccccc2C(=O)O)CC1. The van der Waals surface area contributed by atoms with Gasteiger partial charge in [-0.05, 0) is 56.9 Å². The summed E-state index contributed by atoms with van der Waals surface area (Å²) in [4.78, 5) is 13.4. The Kier molecular flexibility index (Phi) is 3.79. The van der Waals surface area contributed by atoms with Gasteiger partial charge in [-0.2, -0.15) is 0 Å². The highest BCUT2D eigenvalue weighted by Crippen LogP contribution is 2.22. The Hall–Kier alpha value is -1.35. The van der Waals surface area contributed by atoms with Crippen LogP contribution in [0.4, 0.5) is 0 Å². The number of likely N-dealkylation sites (tertiary alicyclic amines) is 1. The maximum absolute atomic E-state index is 11.1. The molecule has 17 heavy (non-hydrogen) atoms. The van der Waals surface area contributed by atoms with Crippen molar-refractivity contribution in [2.24, 2.45) is 5.92 Å². The minimum absolute atomic E-state index is 0.464. The fourth-order valence-corrected chi connectivity index (χ4v) is 2.48. The van der Waals surface area contributed by atoms with Crippen LogP contribution in [0.3, 0.4) is 0 Å². The Labute approximate surface area is 102 Å². The minimum Gasteiger partial charge on any atom is -0.478 e. The predicted octanol–water partition coefficient (Wildman–Crippen LogP) is 2.27. The Bertz CT molecular complexity index is 395. The Morgan fingerprint density at radius 2 is 2.00 bits per heavy atom. The fourth-order valence-electron chi connectivity index (χ4n) is 2.48. The third-order valence-electron chi connectivity index (χ3n) is 3.59. The van der Waals surface area contributed by atoms with Crippen LogP contribution in [0.1, 0.15) is 28.8 Å². The molecule has 0 aromatic heterocycles. The van der Waals surface area contributed by atoms with Gasteiger partial charge in [-0.15, -0.1) is 0 Å². The van der Waals surface area contributed by atoms with Crippen molar-refractivity contribution < 1.29 is 9.90 Å². The number of carboxylic acid groups (broad SMARTS) is 1. The van der Waals surface area contributed by atoms with Crippen molar-refractivity contribution >= 4 is 5.97 Å². The molecule has 0 aliphatic carbocycles. The number of piperidine rings is 1. The van der Waals surface area contributed by atoms with Crippen LogP contribution in [0.25, 0.3) is 0 Å². The second kappa shape index (κ2) is 5.32. The first-order valence-electron chi connectivity index (χ1n) is 6.16. The highest BCUT2D eigenvalue weighted by atomic mass is 16.4. The first kappa shape index (κ1) is 12.1. The van der Waals surface area contributed by atoms with Crippen molar-refractivity contribution in [2.75, 3.05) is 20.1 Å². The van der Waals surface area contributed by atoms with Gasteiger partial charge in [0.05, 0.1) is 5.56 Å². The molecule has 3 nitrogen and oxygen atoms in total. The molecule has 0 radical (unpaired) electrons. The van der Waals surface area contributed by atoms with Crippen molar-refractivity contribution in [3.63, 3.8) is 0 Å². The average molecular weight is 233 g/mol. The first-order valence-corrected chi connectivity index (χ1v) is 6.16. The number of rotatable bonds is 3. The number of carboxylic acids is 1. The Morgan fingerprint density at radius 1 is 1.35 bits per heavy atom. The normalized spacial score (nSPS) is 18.2. The summed E-state index contributed by atoms with van der Waals surface area (Å²) in [7, 11) is 2.14. The van der Waals surface area contributed by atoms with E-state index in [1.165, 1.54) is 12.8 Å². The van der Waals surface area contributed by atoms with Crippen LogP contribution >= 0.6 is 0 Å². The van der Waals surface area contributed by atoms with Crippen LogP contribution in [-0.2, 0) is 6.42 Å². The molecule has 0 amide bonds. The van der Waals surface area contributed by atoms with Crippen molar-refractivity contribution in [3.8, 4) is 0 Å². The Morgan fingerprint density at radius 3 is 2.65 bits per heavy atom. The van der Waals surface area contributed by atoms with Crippen LogP contribution in [0.5, 0.6) is 0 Å². The summed E-state index contributed by atoms with van der Waals surface area (Å²) in [6.45, 7) is 2.25. The quantitative estimate of drug-likeness (QED) is 0.870. The van der Waals surface area contributed by atoms with Gasteiger partial charge in [0, 0.05) is 0 Å². The molecule has 1 aliphatic rings. The molecule has 1 saturated heterocycles. The number of nitrogens with zero attached hydrogens (tertiary/aromatic N) is 1. The third kappa shape index (κ3) is 3.07. The molecule has 1 aliphatic heterocycles. The van der Waals surface area contributed by atoms with Crippen LogP contribution in [0.2, 0.25) is 0 Å². The number of aromatic carboxylic acids is 1. The zero-order chi connectivity index (χ0) is 12.3. The van der Waals surface area contributed by atoms with E-state index in [1.807, 2.05) is 12.1 Å². The smallest absolute Gasteiger partial charge is 0.335 e. The van der Waals surface area contributed by atoms with E-state index in [1.54, 1.807) is 12.1 Å². The summed E-state index contributed by atoms with van der Waals surface area (Å²) in [5.41, 5.74) is 1.45. The number of carbonyl (C=O) groups is 1. The summed E-state index contributed by atoms with van der Waals surface area (Å²) in [5, 5.41) is 9.13. The molecule has 1 aromatic rings. The molecular formula is C14H19NO2. The van der Waals surface area contributed by atoms with Crippen LogP contribution < -0.4 is 0 Å². The number of hydrogen-bond acceptors (Lipinski definition) is 2. The number of hydrogen-bond donors (Lipinski definition) is 1. The summed E-state index contributed by atoms with van der Waals surface area (Å²) in [5.74, 6) is -0.180. The van der Waals surface area contributed by atoms with Gasteiger partial charge in [-0.3, -0.25) is 0 Å². The van der Waals surface area contributed by atoms with Gasteiger partial charge in [0.1, 0.15) is 0 Å². The maximum atomic E-state index is 11.1. The van der Waals surface area contributed by atoms with E-state index in [-0.39, 0.29) is 0 Å². The summed E-state index contributed by atoms with van der Waals surface area (Å²) in [6.07, 6.45) is 3.24. The molecule has 0 unspecified atom stereocenters. The lowest BCUT2D eigenvalue weighted by Gasteiger charge is -2.29. The highest BCUT2D eigenvalue weighted by molar-refractivity contribution is 5.89. The van der Waals surface area contributed by atoms with Gasteiger partial charge in [0.25, 0.3) is 0 Å². The molecule has 0 spiro atoms. The largest absolute Gasteiger partial charge is 0.478 e. The van der Waals surface area contributed by atoms with E-state index in [0.29, 0.717) is 11.5 Å². The first-order chi connectivity index (χ1) is 8.16. The van der Waals surface area contributed by atoms with Crippen molar-refractivity contribution in [2.45, 2.75) is 19.3 Å². The summed E-state index contributed by atoms with van der Waals surface area (Å²) >= 11 is 0. The van der Waals surface area contributed by atoms with E-state index in [2.05, 4.69) is 11.9 Å². The van der Waals surface area contributed by atoms with Gasteiger partial charge < -0.3 is 10.0 Å². The molecular weight excluding hydrogens is 214 g/mol. The van der Waals surface area contributed by atoms with Crippen molar-refractivity contribution in [1.82, 2.24) is 4.90 Å². The van der Waals surface area contributed by atoms with E-state index in [9.17, 15) is 4.79 Å². The van der Waals surface area contributed by atoms with Gasteiger partial charge in [0.15, 0.2) is 0 Å². The van der Waals surface area contributed by atoms with Gasteiger partial charge >= 0.3 is 5.97 Å². The minimum atomic E-state index is -0.812. The molecule has 92 valence electrons. The van der Waals surface area contributed by atoms with Gasteiger partial charge in [0.2, 0.25) is 0 Å². The molecule has 1 aromatic carbocycles. The summed E-state index contributed by atoms with van der Waals surface area (Å²) in [6, 6.07) is 7.37. The van der Waals surface area contributed by atoms with Crippen LogP contribution in [-0.4, -0.2) is 36.1 Å². The lowest BCUT2D eigenvalue weighted by atomic mass is 9.88. The molecule has 0 bridgehead atoms. The molecule has 0 atom stereocenters. The maximum Gasteiger partial charge on any atom is 0.335 e. The lowest BCUT2D eigenvalue weighted by Crippen LogP contribution is -2.31. The standard InChI is InChI=1S/C14H19NO2/c1-15-8-6-11(7-9-15)10-12-4-2-3-5-13(12)14(16)17/h2-5,11H,6-10H2,1H3,(H,16,17). The monoisotopic (exact) mass is 233 g/mol. The number of benzene rings is 1. The third-order valence-corrected chi connectivity index (χ3v) is 3.59. The predicted molar refractivity (Wildman–Crippen MR) is 67.3 cm³/mol.